The maximum absolute atomic E-state index is 13.0. The molecule has 3 N–H and O–H groups in total. The predicted molar refractivity (Wildman–Crippen MR) is 99.5 cm³/mol. The van der Waals surface area contributed by atoms with Crippen LogP contribution >= 0.6 is 0 Å². The summed E-state index contributed by atoms with van der Waals surface area (Å²) < 4.78 is 13.0. The number of rotatable bonds is 3. The topological polar surface area (TPSA) is 78.3 Å². The van der Waals surface area contributed by atoms with Crippen LogP contribution < -0.4 is 5.32 Å². The molecule has 0 amide bonds. The molecule has 1 heterocycles. The second-order valence-corrected chi connectivity index (χ2v) is 5.40. The summed E-state index contributed by atoms with van der Waals surface area (Å²) in [6.07, 6.45) is 0. The highest BCUT2D eigenvalue weighted by Crippen LogP contribution is 2.33. The summed E-state index contributed by atoms with van der Waals surface area (Å²) in [7, 11) is 0. The van der Waals surface area contributed by atoms with Gasteiger partial charge in [-0.1, -0.05) is 27.0 Å². The first kappa shape index (κ1) is 20.2. The van der Waals surface area contributed by atoms with E-state index in [1.807, 2.05) is 6.92 Å². The molecule has 134 valence electrons. The molecule has 1 atom stereocenters. The van der Waals surface area contributed by atoms with Crippen molar-refractivity contribution in [2.75, 3.05) is 5.32 Å². The van der Waals surface area contributed by atoms with E-state index in [1.165, 1.54) is 24.3 Å². The van der Waals surface area contributed by atoms with Crippen molar-refractivity contribution < 1.29 is 14.6 Å². The van der Waals surface area contributed by atoms with Crippen molar-refractivity contribution in [3.05, 3.63) is 53.6 Å². The Balaban J connectivity index is 0.00000156. The highest BCUT2D eigenvalue weighted by molar-refractivity contribution is 5.91. The molecule has 1 aromatic heterocycles. The molecule has 3 rings (SSSR count). The molecule has 2 aromatic carbocycles. The number of aromatic hydroxyl groups is 2. The third-order valence-electron chi connectivity index (χ3n) is 3.63. The van der Waals surface area contributed by atoms with Gasteiger partial charge in [-0.2, -0.15) is 0 Å². The molecule has 0 aliphatic rings. The molecule has 0 aliphatic carbocycles. The van der Waals surface area contributed by atoms with Crippen molar-refractivity contribution in [3.8, 4) is 11.5 Å². The molecule has 0 fully saturated rings. The van der Waals surface area contributed by atoms with E-state index in [2.05, 4.69) is 15.3 Å². The van der Waals surface area contributed by atoms with E-state index >= 15 is 0 Å². The molecule has 0 saturated heterocycles. The second-order valence-electron chi connectivity index (χ2n) is 5.40. The Morgan fingerprint density at radius 3 is 2.24 bits per heavy atom. The Bertz CT molecular complexity index is 867. The highest BCUT2D eigenvalue weighted by Gasteiger charge is 2.13. The van der Waals surface area contributed by atoms with Crippen LogP contribution in [0, 0.1) is 12.7 Å². The van der Waals surface area contributed by atoms with E-state index in [0.29, 0.717) is 22.5 Å². The van der Waals surface area contributed by atoms with Gasteiger partial charge in [-0.3, -0.25) is 0 Å². The van der Waals surface area contributed by atoms with Crippen LogP contribution in [-0.2, 0) is 0 Å². The fourth-order valence-electron chi connectivity index (χ4n) is 2.42. The largest absolute Gasteiger partial charge is 0.504 e. The number of benzene rings is 2. The van der Waals surface area contributed by atoms with Crippen molar-refractivity contribution in [1.82, 2.24) is 9.97 Å². The van der Waals surface area contributed by atoms with E-state index in [1.54, 1.807) is 19.1 Å². The fourth-order valence-corrected chi connectivity index (χ4v) is 2.42. The number of fused-ring (bicyclic) bond motifs is 1. The zero-order chi connectivity index (χ0) is 16.6. The minimum atomic E-state index is -0.287. The number of aromatic nitrogens is 2. The first-order valence-electron chi connectivity index (χ1n) is 7.16. The van der Waals surface area contributed by atoms with Gasteiger partial charge in [-0.15, -0.1) is 0 Å². The third kappa shape index (κ3) is 4.15. The zero-order valence-corrected chi connectivity index (χ0v) is 12.7. The van der Waals surface area contributed by atoms with E-state index in [4.69, 9.17) is 0 Å². The molecule has 25 heavy (non-hydrogen) atoms. The highest BCUT2D eigenvalue weighted by atomic mass is 19.1. The van der Waals surface area contributed by atoms with Crippen LogP contribution in [0.3, 0.4) is 0 Å². The summed E-state index contributed by atoms with van der Waals surface area (Å²) >= 11 is 0. The first-order chi connectivity index (χ1) is 10.9. The molecule has 0 saturated carbocycles. The SMILES string of the molecule is C.C.Cc1nc(N[C@H](C)c2ccc(F)cc2)c2cc(O)c(O)cc2n1. The van der Waals surface area contributed by atoms with Crippen molar-refractivity contribution in [1.29, 1.82) is 0 Å². The molecular weight excluding hydrogens is 321 g/mol. The Labute approximate surface area is 147 Å². The average molecular weight is 345 g/mol. The van der Waals surface area contributed by atoms with Gasteiger partial charge in [0.2, 0.25) is 0 Å². The third-order valence-corrected chi connectivity index (χ3v) is 3.63. The van der Waals surface area contributed by atoms with Crippen molar-refractivity contribution >= 4 is 16.7 Å². The zero-order valence-electron chi connectivity index (χ0n) is 12.7. The number of phenolic OH excluding ortho intramolecular Hbond substituents is 2. The Kier molecular flexibility index (Phi) is 6.28. The van der Waals surface area contributed by atoms with Gasteiger partial charge in [0, 0.05) is 17.5 Å². The number of halogens is 1. The van der Waals surface area contributed by atoms with E-state index in [0.717, 1.165) is 5.56 Å². The van der Waals surface area contributed by atoms with Crippen LogP contribution in [0.5, 0.6) is 11.5 Å². The van der Waals surface area contributed by atoms with E-state index < -0.39 is 0 Å². The van der Waals surface area contributed by atoms with Gasteiger partial charge in [-0.25, -0.2) is 14.4 Å². The Morgan fingerprint density at radius 1 is 1.00 bits per heavy atom. The normalized spacial score (nSPS) is 11.3. The second kappa shape index (κ2) is 7.79. The van der Waals surface area contributed by atoms with Gasteiger partial charge in [0.15, 0.2) is 11.5 Å². The van der Waals surface area contributed by atoms with Crippen LogP contribution in [0.4, 0.5) is 10.2 Å². The molecule has 5 nitrogen and oxygen atoms in total. The molecule has 0 aliphatic heterocycles. The lowest BCUT2D eigenvalue weighted by atomic mass is 10.1. The number of phenols is 2. The van der Waals surface area contributed by atoms with Crippen molar-refractivity contribution in [2.24, 2.45) is 0 Å². The minimum absolute atomic E-state index is 0. The van der Waals surface area contributed by atoms with Crippen LogP contribution in [-0.4, -0.2) is 20.2 Å². The molecule has 0 radical (unpaired) electrons. The molecule has 0 unspecified atom stereocenters. The number of hydrogen-bond donors (Lipinski definition) is 3. The van der Waals surface area contributed by atoms with Crippen molar-refractivity contribution in [2.45, 2.75) is 34.7 Å². The molecular formula is C19H24FN3O2. The fraction of sp³-hybridized carbons (Fsp3) is 0.263. The first-order valence-corrected chi connectivity index (χ1v) is 7.16. The number of aryl methyl sites for hydroxylation is 1. The summed E-state index contributed by atoms with van der Waals surface area (Å²) in [5, 5.41) is 23.2. The Hall–Kier alpha value is -2.89. The van der Waals surface area contributed by atoms with Crippen LogP contribution in [0.1, 0.15) is 39.2 Å². The van der Waals surface area contributed by atoms with Crippen LogP contribution in [0.2, 0.25) is 0 Å². The molecule has 0 bridgehead atoms. The predicted octanol–water partition coefficient (Wildman–Crippen LogP) is 4.93. The lowest BCUT2D eigenvalue weighted by molar-refractivity contribution is 0.405. The summed E-state index contributed by atoms with van der Waals surface area (Å²) in [5.74, 6) is 0.330. The maximum atomic E-state index is 13.0. The quantitative estimate of drug-likeness (QED) is 0.586. The summed E-state index contributed by atoms with van der Waals surface area (Å²) in [6.45, 7) is 3.67. The smallest absolute Gasteiger partial charge is 0.159 e. The number of anilines is 1. The molecule has 3 aromatic rings. The van der Waals surface area contributed by atoms with Gasteiger partial charge in [0.25, 0.3) is 0 Å². The van der Waals surface area contributed by atoms with Gasteiger partial charge in [0.05, 0.1) is 5.52 Å². The van der Waals surface area contributed by atoms with Gasteiger partial charge in [-0.05, 0) is 37.6 Å². The summed E-state index contributed by atoms with van der Waals surface area (Å²) in [4.78, 5) is 8.62. The lowest BCUT2D eigenvalue weighted by Gasteiger charge is -2.17. The lowest BCUT2D eigenvalue weighted by Crippen LogP contribution is -2.09. The van der Waals surface area contributed by atoms with Crippen LogP contribution in [0.15, 0.2) is 36.4 Å². The number of nitrogens with zero attached hydrogens (tertiary/aromatic N) is 2. The van der Waals surface area contributed by atoms with Crippen molar-refractivity contribution in [3.63, 3.8) is 0 Å². The van der Waals surface area contributed by atoms with E-state index in [9.17, 15) is 14.6 Å². The summed E-state index contributed by atoms with van der Waals surface area (Å²) in [6, 6.07) is 8.90. The average Bonchev–Trinajstić information content (AvgIpc) is 2.50. The number of nitrogens with one attached hydrogen (secondary N) is 1. The van der Waals surface area contributed by atoms with Gasteiger partial charge in [0.1, 0.15) is 17.5 Å². The number of hydrogen-bond acceptors (Lipinski definition) is 5. The monoisotopic (exact) mass is 345 g/mol. The minimum Gasteiger partial charge on any atom is -0.504 e. The maximum Gasteiger partial charge on any atom is 0.159 e. The van der Waals surface area contributed by atoms with Gasteiger partial charge >= 0.3 is 0 Å². The molecule has 6 heteroatoms. The van der Waals surface area contributed by atoms with Crippen LogP contribution in [0.25, 0.3) is 10.9 Å². The standard InChI is InChI=1S/C17H16FN3O2.2CH4/c1-9(11-3-5-12(18)6-4-11)19-17-13-7-15(22)16(23)8-14(13)20-10(2)21-17;;/h3-9,22-23H,1-2H3,(H,19,20,21);2*1H4/t9-;;/m1../s1. The van der Waals surface area contributed by atoms with E-state index in [-0.39, 0.29) is 38.2 Å². The molecule has 0 spiro atoms. The van der Waals surface area contributed by atoms with Gasteiger partial charge < -0.3 is 15.5 Å². The summed E-state index contributed by atoms with van der Waals surface area (Å²) in [5.41, 5.74) is 1.43. The Morgan fingerprint density at radius 2 is 1.60 bits per heavy atom.